The molecule has 1 amide bonds. The lowest BCUT2D eigenvalue weighted by Gasteiger charge is -2.28. The van der Waals surface area contributed by atoms with Crippen LogP contribution in [0, 0.1) is 5.92 Å². The van der Waals surface area contributed by atoms with Crippen LogP contribution in [0.4, 0.5) is 5.69 Å². The summed E-state index contributed by atoms with van der Waals surface area (Å²) in [6.45, 7) is 3.92. The van der Waals surface area contributed by atoms with Gasteiger partial charge < -0.3 is 15.0 Å². The fourth-order valence-corrected chi connectivity index (χ4v) is 3.72. The third kappa shape index (κ3) is 4.81. The maximum atomic E-state index is 12.4. The molecule has 2 fully saturated rings. The first kappa shape index (κ1) is 19.6. The molecule has 2 aromatic rings. The van der Waals surface area contributed by atoms with Crippen molar-refractivity contribution in [1.29, 1.82) is 0 Å². The highest BCUT2D eigenvalue weighted by atomic mass is 16.5. The van der Waals surface area contributed by atoms with Crippen LogP contribution in [0.1, 0.15) is 11.6 Å². The third-order valence-corrected chi connectivity index (χ3v) is 5.34. The summed E-state index contributed by atoms with van der Waals surface area (Å²) in [5.74, 6) is -0.00726. The van der Waals surface area contributed by atoms with Crippen LogP contribution in [0.25, 0.3) is 0 Å². The Labute approximate surface area is 169 Å². The van der Waals surface area contributed by atoms with Crippen molar-refractivity contribution in [2.75, 3.05) is 44.3 Å². The van der Waals surface area contributed by atoms with Gasteiger partial charge in [0.05, 0.1) is 31.1 Å². The Balaban J connectivity index is 1.32. The summed E-state index contributed by atoms with van der Waals surface area (Å²) in [7, 11) is 0. The van der Waals surface area contributed by atoms with Gasteiger partial charge in [-0.2, -0.15) is 5.10 Å². The molecule has 9 heteroatoms. The number of nitrogens with one attached hydrogen (secondary N) is 3. The van der Waals surface area contributed by atoms with Crippen molar-refractivity contribution in [2.45, 2.75) is 12.6 Å². The maximum absolute atomic E-state index is 12.4. The molecule has 0 bridgehead atoms. The second kappa shape index (κ2) is 9.17. The van der Waals surface area contributed by atoms with Crippen molar-refractivity contribution in [2.24, 2.45) is 5.92 Å². The van der Waals surface area contributed by atoms with E-state index in [9.17, 15) is 9.59 Å². The molecule has 29 heavy (non-hydrogen) atoms. The monoisotopic (exact) mass is 398 g/mol. The molecule has 0 aliphatic carbocycles. The number of amides is 1. The number of rotatable bonds is 6. The second-order valence-corrected chi connectivity index (χ2v) is 7.29. The zero-order valence-corrected chi connectivity index (χ0v) is 16.2. The van der Waals surface area contributed by atoms with E-state index in [4.69, 9.17) is 4.74 Å². The van der Waals surface area contributed by atoms with Crippen LogP contribution in [0.5, 0.6) is 0 Å². The second-order valence-electron chi connectivity index (χ2n) is 7.29. The molecule has 3 heterocycles. The van der Waals surface area contributed by atoms with Gasteiger partial charge in [-0.3, -0.25) is 15.0 Å². The van der Waals surface area contributed by atoms with Crippen LogP contribution in [-0.2, 0) is 16.1 Å². The summed E-state index contributed by atoms with van der Waals surface area (Å²) < 4.78 is 6.52. The van der Waals surface area contributed by atoms with Crippen molar-refractivity contribution >= 4 is 11.6 Å². The fraction of sp³-hybridized carbons (Fsp3) is 0.450. The molecule has 0 saturated carbocycles. The molecular weight excluding hydrogens is 372 g/mol. The Bertz CT molecular complexity index is 881. The minimum Gasteiger partial charge on any atom is -0.378 e. The van der Waals surface area contributed by atoms with E-state index in [2.05, 4.69) is 38.3 Å². The van der Waals surface area contributed by atoms with Gasteiger partial charge in [0.15, 0.2) is 0 Å². The largest absolute Gasteiger partial charge is 0.378 e. The maximum Gasteiger partial charge on any atom is 0.269 e. The number of nitrogens with zero attached hydrogens (tertiary/aromatic N) is 3. The number of hydrogen-bond acceptors (Lipinski definition) is 7. The van der Waals surface area contributed by atoms with E-state index in [1.165, 1.54) is 16.3 Å². The van der Waals surface area contributed by atoms with Gasteiger partial charge in [-0.15, -0.1) is 0 Å². The van der Waals surface area contributed by atoms with Gasteiger partial charge in [-0.05, 0) is 5.56 Å². The number of ether oxygens (including phenoxy) is 1. The number of aromatic nitrogens is 2. The summed E-state index contributed by atoms with van der Waals surface area (Å²) in [5, 5.41) is 7.10. The Morgan fingerprint density at radius 3 is 2.79 bits per heavy atom. The van der Waals surface area contributed by atoms with Crippen LogP contribution in [-0.4, -0.2) is 55.1 Å². The average Bonchev–Trinajstić information content (AvgIpc) is 3.24. The standard InChI is InChI=1S/C20H26N6O3/c27-18(21-11-16-12-22-24-20(16)15-4-2-1-3-5-15)14-26-19(28)10-17(13-23-26)25-6-8-29-9-7-25/h1-5,10,13,16,20,22,24H,6-9,11-12,14H2,(H,21,27). The molecule has 0 radical (unpaired) electrons. The summed E-state index contributed by atoms with van der Waals surface area (Å²) in [6, 6.07) is 11.8. The zero-order valence-electron chi connectivity index (χ0n) is 16.2. The van der Waals surface area contributed by atoms with Crippen LogP contribution in [0.15, 0.2) is 47.4 Å². The molecule has 3 N–H and O–H groups in total. The number of morpholine rings is 1. The van der Waals surface area contributed by atoms with Crippen LogP contribution in [0.2, 0.25) is 0 Å². The molecule has 4 rings (SSSR count). The lowest BCUT2D eigenvalue weighted by Crippen LogP contribution is -2.39. The average molecular weight is 398 g/mol. The van der Waals surface area contributed by atoms with E-state index < -0.39 is 0 Å². The Morgan fingerprint density at radius 2 is 2.03 bits per heavy atom. The highest BCUT2D eigenvalue weighted by molar-refractivity contribution is 5.75. The normalized spacial score (nSPS) is 21.9. The first-order chi connectivity index (χ1) is 14.2. The first-order valence-corrected chi connectivity index (χ1v) is 9.90. The smallest absolute Gasteiger partial charge is 0.269 e. The van der Waals surface area contributed by atoms with Gasteiger partial charge >= 0.3 is 0 Å². The zero-order chi connectivity index (χ0) is 20.1. The minimum absolute atomic E-state index is 0.0915. The Hall–Kier alpha value is -2.75. The van der Waals surface area contributed by atoms with E-state index in [-0.39, 0.29) is 30.0 Å². The number of anilines is 1. The predicted molar refractivity (Wildman–Crippen MR) is 108 cm³/mol. The van der Waals surface area contributed by atoms with E-state index in [0.717, 1.165) is 25.3 Å². The van der Waals surface area contributed by atoms with Gasteiger partial charge in [-0.1, -0.05) is 30.3 Å². The molecule has 1 aromatic carbocycles. The van der Waals surface area contributed by atoms with E-state index in [1.807, 2.05) is 18.2 Å². The molecule has 2 unspecified atom stereocenters. The minimum atomic E-state index is -0.282. The van der Waals surface area contributed by atoms with Crippen LogP contribution < -0.4 is 26.6 Å². The Kier molecular flexibility index (Phi) is 6.18. The van der Waals surface area contributed by atoms with Gasteiger partial charge in [-0.25, -0.2) is 10.1 Å². The van der Waals surface area contributed by atoms with Crippen molar-refractivity contribution < 1.29 is 9.53 Å². The first-order valence-electron chi connectivity index (χ1n) is 9.90. The van der Waals surface area contributed by atoms with Crippen molar-refractivity contribution in [3.05, 3.63) is 58.5 Å². The van der Waals surface area contributed by atoms with Gasteiger partial charge in [0.1, 0.15) is 6.54 Å². The summed E-state index contributed by atoms with van der Waals surface area (Å²) in [5.41, 5.74) is 8.08. The Morgan fingerprint density at radius 1 is 1.24 bits per heavy atom. The van der Waals surface area contributed by atoms with Crippen molar-refractivity contribution in [3.63, 3.8) is 0 Å². The van der Waals surface area contributed by atoms with E-state index >= 15 is 0 Å². The molecule has 2 aliphatic rings. The van der Waals surface area contributed by atoms with Crippen molar-refractivity contribution in [1.82, 2.24) is 25.9 Å². The summed E-state index contributed by atoms with van der Waals surface area (Å²) in [6.07, 6.45) is 1.64. The van der Waals surface area contributed by atoms with Gasteiger partial charge in [0, 0.05) is 38.2 Å². The lowest BCUT2D eigenvalue weighted by atomic mass is 9.95. The molecule has 2 saturated heterocycles. The molecule has 2 aliphatic heterocycles. The van der Waals surface area contributed by atoms with Crippen LogP contribution >= 0.6 is 0 Å². The molecule has 154 valence electrons. The summed E-state index contributed by atoms with van der Waals surface area (Å²) in [4.78, 5) is 26.8. The predicted octanol–water partition coefficient (Wildman–Crippen LogP) is -0.339. The molecule has 1 aromatic heterocycles. The molecule has 2 atom stereocenters. The van der Waals surface area contributed by atoms with E-state index in [0.29, 0.717) is 19.8 Å². The number of hydrogen-bond donors (Lipinski definition) is 3. The highest BCUT2D eigenvalue weighted by Crippen LogP contribution is 2.23. The van der Waals surface area contributed by atoms with E-state index in [1.54, 1.807) is 6.20 Å². The number of hydrazine groups is 1. The third-order valence-electron chi connectivity index (χ3n) is 5.34. The fourth-order valence-electron chi connectivity index (χ4n) is 3.72. The SMILES string of the molecule is O=C(Cn1ncc(N2CCOCC2)cc1=O)NCC1CNNC1c1ccccc1. The topological polar surface area (TPSA) is 101 Å². The molecular formula is C20H26N6O3. The number of benzene rings is 1. The van der Waals surface area contributed by atoms with Crippen LogP contribution in [0.3, 0.4) is 0 Å². The summed E-state index contributed by atoms with van der Waals surface area (Å²) >= 11 is 0. The van der Waals surface area contributed by atoms with Gasteiger partial charge in [0.2, 0.25) is 5.91 Å². The number of carbonyl (C=O) groups is 1. The quantitative estimate of drug-likeness (QED) is 0.612. The lowest BCUT2D eigenvalue weighted by molar-refractivity contribution is -0.122. The highest BCUT2D eigenvalue weighted by Gasteiger charge is 2.28. The molecule has 0 spiro atoms. The van der Waals surface area contributed by atoms with Crippen molar-refractivity contribution in [3.8, 4) is 0 Å². The number of carbonyl (C=O) groups excluding carboxylic acids is 1. The molecule has 9 nitrogen and oxygen atoms in total. The van der Waals surface area contributed by atoms with Gasteiger partial charge in [0.25, 0.3) is 5.56 Å².